The lowest BCUT2D eigenvalue weighted by molar-refractivity contribution is 0.130. The molecule has 0 unspecified atom stereocenters. The van der Waals surface area contributed by atoms with E-state index < -0.39 is 0 Å². The van der Waals surface area contributed by atoms with E-state index in [1.54, 1.807) is 6.26 Å². The first-order valence-electron chi connectivity index (χ1n) is 7.72. The zero-order valence-electron chi connectivity index (χ0n) is 12.0. The third kappa shape index (κ3) is 3.21. The van der Waals surface area contributed by atoms with Gasteiger partial charge in [-0.05, 0) is 50.3 Å². The molecule has 1 N–H and O–H groups in total. The Kier molecular flexibility index (Phi) is 3.94. The molecule has 3 nitrogen and oxygen atoms in total. The van der Waals surface area contributed by atoms with Crippen LogP contribution >= 0.6 is 0 Å². The summed E-state index contributed by atoms with van der Waals surface area (Å²) in [4.78, 5) is 2.67. The van der Waals surface area contributed by atoms with E-state index in [0.717, 1.165) is 24.9 Å². The van der Waals surface area contributed by atoms with Crippen molar-refractivity contribution in [2.75, 3.05) is 20.1 Å². The molecule has 0 aliphatic heterocycles. The number of furan rings is 1. The van der Waals surface area contributed by atoms with Crippen molar-refractivity contribution in [3.8, 4) is 0 Å². The lowest BCUT2D eigenvalue weighted by Crippen LogP contribution is -2.42. The molecule has 0 bridgehead atoms. The number of nitrogens with one attached hydrogen (secondary N) is 1. The maximum absolute atomic E-state index is 5.54. The van der Waals surface area contributed by atoms with E-state index >= 15 is 0 Å². The summed E-state index contributed by atoms with van der Waals surface area (Å²) in [6.07, 6.45) is 10.1. The molecule has 0 spiro atoms. The summed E-state index contributed by atoms with van der Waals surface area (Å²) in [7, 11) is 2.09. The van der Waals surface area contributed by atoms with Gasteiger partial charge >= 0.3 is 0 Å². The van der Waals surface area contributed by atoms with Crippen LogP contribution < -0.4 is 5.32 Å². The fourth-order valence-electron chi connectivity index (χ4n) is 3.68. The average molecular weight is 262 g/mol. The maximum Gasteiger partial charge on any atom is 0.117 e. The van der Waals surface area contributed by atoms with Crippen molar-refractivity contribution < 1.29 is 4.42 Å². The maximum atomic E-state index is 5.54. The number of rotatable bonds is 7. The summed E-state index contributed by atoms with van der Waals surface area (Å²) in [5, 5.41) is 3.42. The van der Waals surface area contributed by atoms with Gasteiger partial charge in [0, 0.05) is 19.1 Å². The van der Waals surface area contributed by atoms with Crippen molar-refractivity contribution in [2.45, 2.75) is 51.1 Å². The second-order valence-electron chi connectivity index (χ2n) is 6.45. The third-order valence-electron chi connectivity index (χ3n) is 4.76. The Morgan fingerprint density at radius 1 is 1.37 bits per heavy atom. The van der Waals surface area contributed by atoms with Crippen LogP contribution in [0.3, 0.4) is 0 Å². The zero-order valence-corrected chi connectivity index (χ0v) is 12.0. The van der Waals surface area contributed by atoms with Crippen LogP contribution in [0.2, 0.25) is 0 Å². The molecule has 0 saturated heterocycles. The van der Waals surface area contributed by atoms with Gasteiger partial charge in [-0.2, -0.15) is 0 Å². The molecule has 2 saturated carbocycles. The Labute approximate surface area is 116 Å². The molecular formula is C16H26N2O. The summed E-state index contributed by atoms with van der Waals surface area (Å²) in [5.74, 6) is 1.12. The molecule has 0 amide bonds. The minimum Gasteiger partial charge on any atom is -0.468 e. The molecule has 19 heavy (non-hydrogen) atoms. The molecule has 0 radical (unpaired) electrons. The molecule has 1 aromatic rings. The monoisotopic (exact) mass is 262 g/mol. The molecule has 106 valence electrons. The zero-order chi connectivity index (χ0) is 13.1. The Balaban J connectivity index is 1.66. The topological polar surface area (TPSA) is 28.4 Å². The van der Waals surface area contributed by atoms with E-state index in [-0.39, 0.29) is 0 Å². The van der Waals surface area contributed by atoms with Crippen molar-refractivity contribution in [1.29, 1.82) is 0 Å². The normalized spacial score (nSPS) is 22.2. The van der Waals surface area contributed by atoms with Crippen molar-refractivity contribution in [2.24, 2.45) is 5.41 Å². The summed E-state index contributed by atoms with van der Waals surface area (Å²) >= 11 is 0. The minimum atomic E-state index is 0.504. The Morgan fingerprint density at radius 3 is 2.74 bits per heavy atom. The standard InChI is InChI=1S/C16H26N2O/c1-17-12-16(8-2-3-9-16)13-18(14-6-7-14)11-15-5-4-10-19-15/h4-5,10,14,17H,2-3,6-9,11-13H2,1H3. The van der Waals surface area contributed by atoms with E-state index in [1.807, 2.05) is 6.07 Å². The molecule has 3 rings (SSSR count). The summed E-state index contributed by atoms with van der Waals surface area (Å²) in [6, 6.07) is 4.91. The fraction of sp³-hybridized carbons (Fsp3) is 0.750. The summed E-state index contributed by atoms with van der Waals surface area (Å²) in [6.45, 7) is 3.39. The predicted octanol–water partition coefficient (Wildman–Crippen LogP) is 3.02. The van der Waals surface area contributed by atoms with Gasteiger partial charge in [0.1, 0.15) is 5.76 Å². The van der Waals surface area contributed by atoms with Crippen LogP contribution in [0.4, 0.5) is 0 Å². The van der Waals surface area contributed by atoms with Crippen molar-refractivity contribution >= 4 is 0 Å². The summed E-state index contributed by atoms with van der Waals surface area (Å²) < 4.78 is 5.54. The highest BCUT2D eigenvalue weighted by atomic mass is 16.3. The van der Waals surface area contributed by atoms with E-state index in [9.17, 15) is 0 Å². The van der Waals surface area contributed by atoms with E-state index in [2.05, 4.69) is 23.3 Å². The molecule has 1 heterocycles. The average Bonchev–Trinajstić information content (AvgIpc) is 2.94. The number of nitrogens with zero attached hydrogens (tertiary/aromatic N) is 1. The molecule has 2 fully saturated rings. The van der Waals surface area contributed by atoms with Crippen LogP contribution in [0, 0.1) is 5.41 Å². The molecule has 2 aliphatic carbocycles. The third-order valence-corrected chi connectivity index (χ3v) is 4.76. The van der Waals surface area contributed by atoms with E-state index in [1.165, 1.54) is 45.1 Å². The van der Waals surface area contributed by atoms with Gasteiger partial charge in [-0.15, -0.1) is 0 Å². The second kappa shape index (κ2) is 5.68. The highest BCUT2D eigenvalue weighted by molar-refractivity contribution is 5.01. The Bertz CT molecular complexity index is 377. The largest absolute Gasteiger partial charge is 0.468 e. The van der Waals surface area contributed by atoms with Gasteiger partial charge in [0.25, 0.3) is 0 Å². The van der Waals surface area contributed by atoms with Crippen molar-refractivity contribution in [3.63, 3.8) is 0 Å². The van der Waals surface area contributed by atoms with Crippen molar-refractivity contribution in [3.05, 3.63) is 24.2 Å². The van der Waals surface area contributed by atoms with Crippen LogP contribution in [0.15, 0.2) is 22.8 Å². The van der Waals surface area contributed by atoms with E-state index in [0.29, 0.717) is 5.41 Å². The van der Waals surface area contributed by atoms with Crippen molar-refractivity contribution in [1.82, 2.24) is 10.2 Å². The lowest BCUT2D eigenvalue weighted by atomic mass is 9.85. The van der Waals surface area contributed by atoms with Crippen LogP contribution in [0.5, 0.6) is 0 Å². The highest BCUT2D eigenvalue weighted by Crippen LogP contribution is 2.41. The molecule has 1 aromatic heterocycles. The number of hydrogen-bond donors (Lipinski definition) is 1. The second-order valence-corrected chi connectivity index (χ2v) is 6.45. The van der Waals surface area contributed by atoms with Crippen LogP contribution in [0.1, 0.15) is 44.3 Å². The van der Waals surface area contributed by atoms with Gasteiger partial charge < -0.3 is 9.73 Å². The molecule has 0 atom stereocenters. The first-order chi connectivity index (χ1) is 9.31. The number of hydrogen-bond acceptors (Lipinski definition) is 3. The predicted molar refractivity (Wildman–Crippen MR) is 77.0 cm³/mol. The quantitative estimate of drug-likeness (QED) is 0.819. The lowest BCUT2D eigenvalue weighted by Gasteiger charge is -2.35. The van der Waals surface area contributed by atoms with Gasteiger partial charge in [0.2, 0.25) is 0 Å². The van der Waals surface area contributed by atoms with Gasteiger partial charge in [-0.25, -0.2) is 0 Å². The molecule has 3 heteroatoms. The van der Waals surface area contributed by atoms with Gasteiger partial charge in [-0.1, -0.05) is 12.8 Å². The molecular weight excluding hydrogens is 236 g/mol. The SMILES string of the molecule is CNCC1(CN(Cc2ccco2)C2CC2)CCCC1. The summed E-state index contributed by atoms with van der Waals surface area (Å²) in [5.41, 5.74) is 0.504. The molecule has 0 aromatic carbocycles. The minimum absolute atomic E-state index is 0.504. The first-order valence-corrected chi connectivity index (χ1v) is 7.72. The smallest absolute Gasteiger partial charge is 0.117 e. The van der Waals surface area contributed by atoms with Gasteiger partial charge in [0.15, 0.2) is 0 Å². The van der Waals surface area contributed by atoms with E-state index in [4.69, 9.17) is 4.42 Å². The van der Waals surface area contributed by atoms with Gasteiger partial charge in [-0.3, -0.25) is 4.90 Å². The first kappa shape index (κ1) is 13.2. The fourth-order valence-corrected chi connectivity index (χ4v) is 3.68. The Hall–Kier alpha value is -0.800. The highest BCUT2D eigenvalue weighted by Gasteiger charge is 2.39. The van der Waals surface area contributed by atoms with Gasteiger partial charge in [0.05, 0.1) is 12.8 Å². The Morgan fingerprint density at radius 2 is 2.16 bits per heavy atom. The van der Waals surface area contributed by atoms with Crippen LogP contribution in [-0.2, 0) is 6.54 Å². The molecule has 2 aliphatic rings. The van der Waals surface area contributed by atoms with Crippen LogP contribution in [0.25, 0.3) is 0 Å². The van der Waals surface area contributed by atoms with Crippen LogP contribution in [-0.4, -0.2) is 31.1 Å².